The van der Waals surface area contributed by atoms with Gasteiger partial charge in [0.2, 0.25) is 0 Å². The van der Waals surface area contributed by atoms with Crippen LogP contribution in [0.15, 0.2) is 48.5 Å². The summed E-state index contributed by atoms with van der Waals surface area (Å²) in [5.74, 6) is -1.52. The summed E-state index contributed by atoms with van der Waals surface area (Å²) in [6.07, 6.45) is -1.46. The average Bonchev–Trinajstić information content (AvgIpc) is 2.60. The van der Waals surface area contributed by atoms with Gasteiger partial charge >= 0.3 is 5.97 Å². The minimum Gasteiger partial charge on any atom is -0.453 e. The van der Waals surface area contributed by atoms with Crippen LogP contribution >= 0.6 is 11.6 Å². The Kier molecular flexibility index (Phi) is 5.90. The zero-order valence-corrected chi connectivity index (χ0v) is 13.2. The number of carbonyl (C=O) groups excluding carboxylic acids is 2. The van der Waals surface area contributed by atoms with Crippen molar-refractivity contribution in [2.45, 2.75) is 6.10 Å². The number of amides is 1. The zero-order valence-electron chi connectivity index (χ0n) is 12.4. The third kappa shape index (κ3) is 4.56. The number of halogens is 1. The normalized spacial score (nSPS) is 11.2. The number of anilines is 1. The highest BCUT2D eigenvalue weighted by Gasteiger charge is 2.19. The lowest BCUT2D eigenvalue weighted by Gasteiger charge is -2.11. The summed E-state index contributed by atoms with van der Waals surface area (Å²) in [6, 6.07) is 14.5. The van der Waals surface area contributed by atoms with Crippen molar-refractivity contribution < 1.29 is 19.4 Å². The van der Waals surface area contributed by atoms with Gasteiger partial charge in [0.1, 0.15) is 6.07 Å². The van der Waals surface area contributed by atoms with E-state index in [1.54, 1.807) is 30.3 Å². The third-order valence-electron chi connectivity index (χ3n) is 3.06. The maximum atomic E-state index is 11.8. The van der Waals surface area contributed by atoms with Crippen LogP contribution in [-0.4, -0.2) is 23.6 Å². The smallest absolute Gasteiger partial charge is 0.340 e. The van der Waals surface area contributed by atoms with Crippen molar-refractivity contribution in [2.24, 2.45) is 0 Å². The van der Waals surface area contributed by atoms with Crippen molar-refractivity contribution in [1.29, 1.82) is 5.26 Å². The molecule has 0 aliphatic carbocycles. The summed E-state index contributed by atoms with van der Waals surface area (Å²) >= 11 is 5.86. The van der Waals surface area contributed by atoms with Gasteiger partial charge in [0, 0.05) is 5.69 Å². The van der Waals surface area contributed by atoms with Crippen molar-refractivity contribution in [2.75, 3.05) is 11.9 Å². The molecule has 24 heavy (non-hydrogen) atoms. The third-order valence-corrected chi connectivity index (χ3v) is 3.37. The number of nitrogens with zero attached hydrogens (tertiary/aromatic N) is 1. The molecular formula is C17H13ClN2O4. The van der Waals surface area contributed by atoms with E-state index in [0.29, 0.717) is 11.3 Å². The van der Waals surface area contributed by atoms with Crippen molar-refractivity contribution in [3.63, 3.8) is 0 Å². The van der Waals surface area contributed by atoms with Gasteiger partial charge in [0.25, 0.3) is 5.91 Å². The molecule has 0 saturated carbocycles. The Bertz CT molecular complexity index is 787. The van der Waals surface area contributed by atoms with Crippen LogP contribution in [0.2, 0.25) is 5.02 Å². The molecule has 0 radical (unpaired) electrons. The second-order valence-corrected chi connectivity index (χ2v) is 5.18. The SMILES string of the molecule is N#Cc1ccc(NC(=O)COC(=O)[C@H](O)c2ccccc2)cc1Cl. The van der Waals surface area contributed by atoms with Crippen LogP contribution in [0.3, 0.4) is 0 Å². The van der Waals surface area contributed by atoms with Gasteiger partial charge in [-0.3, -0.25) is 4.79 Å². The largest absolute Gasteiger partial charge is 0.453 e. The van der Waals surface area contributed by atoms with Crippen LogP contribution in [0.1, 0.15) is 17.2 Å². The average molecular weight is 345 g/mol. The summed E-state index contributed by atoms with van der Waals surface area (Å²) < 4.78 is 4.78. The van der Waals surface area contributed by atoms with Crippen molar-refractivity contribution in [3.05, 3.63) is 64.7 Å². The van der Waals surface area contributed by atoms with Gasteiger partial charge in [0.15, 0.2) is 12.7 Å². The summed E-state index contributed by atoms with van der Waals surface area (Å²) in [6.45, 7) is -0.555. The van der Waals surface area contributed by atoms with E-state index in [9.17, 15) is 14.7 Å². The summed E-state index contributed by atoms with van der Waals surface area (Å²) in [5.41, 5.74) is 1.03. The number of aliphatic hydroxyl groups excluding tert-OH is 1. The van der Waals surface area contributed by atoms with Gasteiger partial charge in [-0.15, -0.1) is 0 Å². The first-order chi connectivity index (χ1) is 11.5. The highest BCUT2D eigenvalue weighted by molar-refractivity contribution is 6.32. The van der Waals surface area contributed by atoms with Gasteiger partial charge < -0.3 is 15.2 Å². The number of rotatable bonds is 5. The van der Waals surface area contributed by atoms with E-state index in [4.69, 9.17) is 21.6 Å². The molecule has 0 aromatic heterocycles. The van der Waals surface area contributed by atoms with Gasteiger partial charge in [-0.25, -0.2) is 4.79 Å². The first-order valence-corrected chi connectivity index (χ1v) is 7.28. The lowest BCUT2D eigenvalue weighted by atomic mass is 10.1. The fraction of sp³-hybridized carbons (Fsp3) is 0.118. The standard InChI is InChI=1S/C17H13ClN2O4/c18-14-8-13(7-6-12(14)9-19)20-15(21)10-24-17(23)16(22)11-4-2-1-3-5-11/h1-8,16,22H,10H2,(H,20,21)/t16-/m1/s1. The van der Waals surface area contributed by atoms with Crippen molar-refractivity contribution >= 4 is 29.2 Å². The number of nitrogens with one attached hydrogen (secondary N) is 1. The van der Waals surface area contributed by atoms with Gasteiger partial charge in [-0.05, 0) is 23.8 Å². The van der Waals surface area contributed by atoms with Crippen LogP contribution in [0, 0.1) is 11.3 Å². The Morgan fingerprint density at radius 2 is 1.96 bits per heavy atom. The number of nitriles is 1. The van der Waals surface area contributed by atoms with E-state index in [1.165, 1.54) is 18.2 Å². The van der Waals surface area contributed by atoms with Gasteiger partial charge in [-0.1, -0.05) is 41.9 Å². The Morgan fingerprint density at radius 3 is 2.58 bits per heavy atom. The number of ether oxygens (including phenoxy) is 1. The van der Waals surface area contributed by atoms with Crippen LogP contribution in [-0.2, 0) is 14.3 Å². The molecule has 0 saturated heterocycles. The second kappa shape index (κ2) is 8.11. The maximum Gasteiger partial charge on any atom is 0.340 e. The summed E-state index contributed by atoms with van der Waals surface area (Å²) in [4.78, 5) is 23.5. The highest BCUT2D eigenvalue weighted by Crippen LogP contribution is 2.20. The molecule has 0 spiro atoms. The number of hydrogen-bond acceptors (Lipinski definition) is 5. The number of aliphatic hydroxyl groups is 1. The molecule has 0 bridgehead atoms. The molecule has 6 nitrogen and oxygen atoms in total. The monoisotopic (exact) mass is 344 g/mol. The van der Waals surface area contributed by atoms with E-state index < -0.39 is 24.6 Å². The Hall–Kier alpha value is -2.88. The second-order valence-electron chi connectivity index (χ2n) is 4.78. The molecule has 0 fully saturated rings. The minimum absolute atomic E-state index is 0.201. The fourth-order valence-corrected chi connectivity index (χ4v) is 2.09. The predicted molar refractivity (Wildman–Crippen MR) is 87.2 cm³/mol. The van der Waals surface area contributed by atoms with Crippen molar-refractivity contribution in [3.8, 4) is 6.07 Å². The van der Waals surface area contributed by atoms with E-state index in [0.717, 1.165) is 0 Å². The molecule has 2 aromatic rings. The zero-order chi connectivity index (χ0) is 17.5. The maximum absolute atomic E-state index is 11.8. The predicted octanol–water partition coefficient (Wildman–Crippen LogP) is 2.43. The molecule has 7 heteroatoms. The van der Waals surface area contributed by atoms with Gasteiger partial charge in [0.05, 0.1) is 10.6 Å². The van der Waals surface area contributed by atoms with Crippen LogP contribution in [0.5, 0.6) is 0 Å². The molecule has 2 N–H and O–H groups in total. The molecular weight excluding hydrogens is 332 g/mol. The Morgan fingerprint density at radius 1 is 1.25 bits per heavy atom. The lowest BCUT2D eigenvalue weighted by Crippen LogP contribution is -2.24. The molecule has 0 heterocycles. The quantitative estimate of drug-likeness (QED) is 0.811. The summed E-state index contributed by atoms with van der Waals surface area (Å²) in [7, 11) is 0. The van der Waals surface area contributed by atoms with Crippen LogP contribution in [0.4, 0.5) is 5.69 Å². The van der Waals surface area contributed by atoms with E-state index in [-0.39, 0.29) is 10.6 Å². The first kappa shape index (κ1) is 17.5. The minimum atomic E-state index is -1.46. The van der Waals surface area contributed by atoms with Crippen molar-refractivity contribution in [1.82, 2.24) is 0 Å². The van der Waals surface area contributed by atoms with Crippen LogP contribution in [0.25, 0.3) is 0 Å². The molecule has 1 atom stereocenters. The molecule has 2 rings (SSSR count). The molecule has 122 valence electrons. The number of carbonyl (C=O) groups is 2. The highest BCUT2D eigenvalue weighted by atomic mass is 35.5. The summed E-state index contributed by atoms with van der Waals surface area (Å²) in [5, 5.41) is 21.3. The Balaban J connectivity index is 1.88. The van der Waals surface area contributed by atoms with E-state index in [2.05, 4.69) is 5.32 Å². The number of hydrogen-bond donors (Lipinski definition) is 2. The number of benzene rings is 2. The molecule has 2 aromatic carbocycles. The number of esters is 1. The molecule has 0 aliphatic heterocycles. The first-order valence-electron chi connectivity index (χ1n) is 6.90. The topological polar surface area (TPSA) is 99.4 Å². The lowest BCUT2D eigenvalue weighted by molar-refractivity contribution is -0.156. The fourth-order valence-electron chi connectivity index (χ4n) is 1.87. The Labute approximate surface area is 143 Å². The molecule has 1 amide bonds. The van der Waals surface area contributed by atoms with Gasteiger partial charge in [-0.2, -0.15) is 5.26 Å². The molecule has 0 aliphatic rings. The van der Waals surface area contributed by atoms with E-state index >= 15 is 0 Å². The van der Waals surface area contributed by atoms with E-state index in [1.807, 2.05) is 6.07 Å². The molecule has 0 unspecified atom stereocenters. The van der Waals surface area contributed by atoms with Crippen LogP contribution < -0.4 is 5.32 Å².